The SMILES string of the molecule is CCCCCC(CC(=O)C(NC(C)(C)C)C(C)C)C(=O)C(C)(C)C. The summed E-state index contributed by atoms with van der Waals surface area (Å²) in [5, 5.41) is 3.44. The second kappa shape index (κ2) is 9.70. The molecule has 0 radical (unpaired) electrons. The predicted octanol–water partition coefficient (Wildman–Crippen LogP) is 5.17. The first-order valence-corrected chi connectivity index (χ1v) is 9.64. The summed E-state index contributed by atoms with van der Waals surface area (Å²) in [5.41, 5.74) is -0.502. The predicted molar refractivity (Wildman–Crippen MR) is 103 cm³/mol. The summed E-state index contributed by atoms with van der Waals surface area (Å²) >= 11 is 0. The van der Waals surface area contributed by atoms with Crippen molar-refractivity contribution in [1.82, 2.24) is 5.32 Å². The van der Waals surface area contributed by atoms with Crippen molar-refractivity contribution in [2.24, 2.45) is 17.3 Å². The molecule has 0 spiro atoms. The van der Waals surface area contributed by atoms with Crippen LogP contribution < -0.4 is 5.32 Å². The molecule has 0 aliphatic carbocycles. The summed E-state index contributed by atoms with van der Waals surface area (Å²) in [5.74, 6) is 0.481. The Balaban J connectivity index is 5.14. The highest BCUT2D eigenvalue weighted by molar-refractivity contribution is 5.92. The van der Waals surface area contributed by atoms with Gasteiger partial charge in [0.05, 0.1) is 6.04 Å². The van der Waals surface area contributed by atoms with Crippen molar-refractivity contribution >= 4 is 11.6 Å². The van der Waals surface area contributed by atoms with Crippen LogP contribution in [0.3, 0.4) is 0 Å². The first-order chi connectivity index (χ1) is 10.8. The minimum atomic E-state index is -0.387. The van der Waals surface area contributed by atoms with E-state index in [0.29, 0.717) is 6.42 Å². The monoisotopic (exact) mass is 339 g/mol. The number of ketones is 2. The first kappa shape index (κ1) is 23.3. The van der Waals surface area contributed by atoms with Crippen LogP contribution in [0.25, 0.3) is 0 Å². The van der Waals surface area contributed by atoms with Crippen molar-refractivity contribution < 1.29 is 9.59 Å². The molecule has 142 valence electrons. The topological polar surface area (TPSA) is 46.2 Å². The fraction of sp³-hybridized carbons (Fsp3) is 0.905. The van der Waals surface area contributed by atoms with E-state index in [2.05, 4.69) is 46.9 Å². The Hall–Kier alpha value is -0.700. The summed E-state index contributed by atoms with van der Waals surface area (Å²) < 4.78 is 0. The molecule has 2 unspecified atom stereocenters. The van der Waals surface area contributed by atoms with Crippen molar-refractivity contribution in [1.29, 1.82) is 0 Å². The fourth-order valence-corrected chi connectivity index (χ4v) is 3.03. The van der Waals surface area contributed by atoms with E-state index in [4.69, 9.17) is 0 Å². The molecule has 0 aliphatic rings. The van der Waals surface area contributed by atoms with Crippen LogP contribution >= 0.6 is 0 Å². The number of unbranched alkanes of at least 4 members (excludes halogenated alkanes) is 2. The quantitative estimate of drug-likeness (QED) is 0.558. The second-order valence-corrected chi connectivity index (χ2v) is 9.59. The molecular weight excluding hydrogens is 298 g/mol. The first-order valence-electron chi connectivity index (χ1n) is 9.64. The van der Waals surface area contributed by atoms with Crippen molar-refractivity contribution in [3.63, 3.8) is 0 Å². The lowest BCUT2D eigenvalue weighted by Crippen LogP contribution is -2.51. The average Bonchev–Trinajstić information content (AvgIpc) is 2.40. The van der Waals surface area contributed by atoms with Gasteiger partial charge in [-0.3, -0.25) is 9.59 Å². The molecule has 0 rings (SSSR count). The number of hydrogen-bond donors (Lipinski definition) is 1. The van der Waals surface area contributed by atoms with E-state index in [1.165, 1.54) is 0 Å². The lowest BCUT2D eigenvalue weighted by molar-refractivity contribution is -0.134. The van der Waals surface area contributed by atoms with E-state index in [0.717, 1.165) is 25.7 Å². The van der Waals surface area contributed by atoms with Crippen molar-refractivity contribution in [3.8, 4) is 0 Å². The third-order valence-corrected chi connectivity index (χ3v) is 4.32. The molecule has 0 saturated heterocycles. The van der Waals surface area contributed by atoms with Gasteiger partial charge in [0.25, 0.3) is 0 Å². The van der Waals surface area contributed by atoms with Crippen molar-refractivity contribution in [2.45, 2.75) is 106 Å². The average molecular weight is 340 g/mol. The molecule has 24 heavy (non-hydrogen) atoms. The molecule has 0 aromatic carbocycles. The van der Waals surface area contributed by atoms with Gasteiger partial charge in [0.1, 0.15) is 5.78 Å². The molecular formula is C21H41NO2. The third-order valence-electron chi connectivity index (χ3n) is 4.32. The Morgan fingerprint density at radius 2 is 1.50 bits per heavy atom. The number of carbonyl (C=O) groups excluding carboxylic acids is 2. The third kappa shape index (κ3) is 8.96. The molecule has 2 atom stereocenters. The molecule has 0 saturated carbocycles. The Morgan fingerprint density at radius 3 is 1.88 bits per heavy atom. The van der Waals surface area contributed by atoms with Crippen LogP contribution in [-0.2, 0) is 9.59 Å². The van der Waals surface area contributed by atoms with Crippen LogP contribution in [0.4, 0.5) is 0 Å². The highest BCUT2D eigenvalue weighted by atomic mass is 16.1. The Bertz CT molecular complexity index is 399. The van der Waals surface area contributed by atoms with Gasteiger partial charge in [-0.1, -0.05) is 60.8 Å². The van der Waals surface area contributed by atoms with Gasteiger partial charge in [-0.15, -0.1) is 0 Å². The highest BCUT2D eigenvalue weighted by Crippen LogP contribution is 2.27. The Kier molecular flexibility index (Phi) is 9.41. The van der Waals surface area contributed by atoms with Gasteiger partial charge in [-0.25, -0.2) is 0 Å². The number of carbonyl (C=O) groups is 2. The molecule has 3 nitrogen and oxygen atoms in total. The fourth-order valence-electron chi connectivity index (χ4n) is 3.03. The van der Waals surface area contributed by atoms with E-state index < -0.39 is 0 Å². The van der Waals surface area contributed by atoms with Gasteiger partial charge in [0.15, 0.2) is 5.78 Å². The Morgan fingerprint density at radius 1 is 0.958 bits per heavy atom. The zero-order chi connectivity index (χ0) is 19.1. The number of nitrogens with one attached hydrogen (secondary N) is 1. The minimum absolute atomic E-state index is 0.115. The van der Waals surface area contributed by atoms with Crippen LogP contribution in [0.1, 0.15) is 94.4 Å². The van der Waals surface area contributed by atoms with E-state index in [1.807, 2.05) is 20.8 Å². The standard InChI is InChI=1S/C21H41NO2/c1-10-11-12-13-16(19(24)20(4,5)6)14-17(23)18(15(2)3)22-21(7,8)9/h15-16,18,22H,10-14H2,1-9H3. The lowest BCUT2D eigenvalue weighted by atomic mass is 9.77. The van der Waals surface area contributed by atoms with Crippen molar-refractivity contribution in [2.75, 3.05) is 0 Å². The van der Waals surface area contributed by atoms with Crippen LogP contribution in [0.15, 0.2) is 0 Å². The maximum atomic E-state index is 12.9. The molecule has 0 aromatic heterocycles. The van der Waals surface area contributed by atoms with Crippen LogP contribution in [0.5, 0.6) is 0 Å². The molecule has 0 fully saturated rings. The highest BCUT2D eigenvalue weighted by Gasteiger charge is 2.34. The van der Waals surface area contributed by atoms with Gasteiger partial charge in [0, 0.05) is 23.3 Å². The largest absolute Gasteiger partial charge is 0.303 e. The van der Waals surface area contributed by atoms with Gasteiger partial charge in [-0.05, 0) is 33.1 Å². The zero-order valence-electron chi connectivity index (χ0n) is 17.6. The maximum Gasteiger partial charge on any atom is 0.150 e. The van der Waals surface area contributed by atoms with Gasteiger partial charge in [-0.2, -0.15) is 0 Å². The summed E-state index contributed by atoms with van der Waals surface area (Å²) in [6.07, 6.45) is 4.47. The molecule has 0 aliphatic heterocycles. The number of Topliss-reactive ketones (excluding diaryl/α,β-unsaturated/α-hetero) is 2. The number of hydrogen-bond acceptors (Lipinski definition) is 3. The second-order valence-electron chi connectivity index (χ2n) is 9.59. The minimum Gasteiger partial charge on any atom is -0.303 e. The molecule has 1 N–H and O–H groups in total. The summed E-state index contributed by atoms with van der Waals surface area (Å²) in [6, 6.07) is -0.188. The summed E-state index contributed by atoms with van der Waals surface area (Å²) in [6.45, 7) is 18.4. The molecule has 0 heterocycles. The summed E-state index contributed by atoms with van der Waals surface area (Å²) in [4.78, 5) is 25.7. The lowest BCUT2D eigenvalue weighted by Gasteiger charge is -2.32. The normalized spacial score (nSPS) is 15.4. The van der Waals surface area contributed by atoms with Gasteiger partial charge < -0.3 is 5.32 Å². The van der Waals surface area contributed by atoms with Crippen LogP contribution in [-0.4, -0.2) is 23.1 Å². The van der Waals surface area contributed by atoms with E-state index >= 15 is 0 Å². The molecule has 0 aromatic rings. The molecule has 0 amide bonds. The van der Waals surface area contributed by atoms with Gasteiger partial charge in [0.2, 0.25) is 0 Å². The summed E-state index contributed by atoms with van der Waals surface area (Å²) in [7, 11) is 0. The molecule has 3 heteroatoms. The maximum absolute atomic E-state index is 12.9. The zero-order valence-corrected chi connectivity index (χ0v) is 17.6. The van der Waals surface area contributed by atoms with E-state index in [1.54, 1.807) is 0 Å². The van der Waals surface area contributed by atoms with E-state index in [9.17, 15) is 9.59 Å². The van der Waals surface area contributed by atoms with Gasteiger partial charge >= 0.3 is 0 Å². The van der Waals surface area contributed by atoms with Crippen molar-refractivity contribution in [3.05, 3.63) is 0 Å². The van der Waals surface area contributed by atoms with E-state index in [-0.39, 0.29) is 40.4 Å². The smallest absolute Gasteiger partial charge is 0.150 e. The molecule has 0 bridgehead atoms. The number of rotatable bonds is 10. The van der Waals surface area contributed by atoms with Crippen LogP contribution in [0.2, 0.25) is 0 Å². The van der Waals surface area contributed by atoms with Crippen LogP contribution in [0, 0.1) is 17.3 Å². The Labute approximate surface area is 150 Å².